The smallest absolute Gasteiger partial charge is 0.429 e. The maximum absolute atomic E-state index is 10.4. The number of carbonyl (C=O) groups is 1. The molecule has 0 aromatic heterocycles. The average Bonchev–Trinajstić information content (AvgIpc) is 1.96. The van der Waals surface area contributed by atoms with Crippen molar-refractivity contribution in [3.05, 3.63) is 0 Å². The lowest BCUT2D eigenvalue weighted by molar-refractivity contribution is -0.137. The molecule has 0 saturated heterocycles. The van der Waals surface area contributed by atoms with Crippen LogP contribution in [0.1, 0.15) is 6.42 Å². The lowest BCUT2D eigenvalue weighted by Gasteiger charge is -2.19. The number of aliphatic carboxylic acids is 1. The molecular weight excluding hydrogens is 213 g/mol. The van der Waals surface area contributed by atoms with E-state index in [0.29, 0.717) is 0 Å². The van der Waals surface area contributed by atoms with Crippen molar-refractivity contribution < 1.29 is 24.3 Å². The molecule has 0 radical (unpaired) electrons. The lowest BCUT2D eigenvalue weighted by atomic mass is 10.4. The SMILES string of the molecule is CN(CCC(=O)O)C(=N)NP(=O)(O)O. The molecule has 0 fully saturated rings. The largest absolute Gasteiger partial charge is 0.481 e. The van der Waals surface area contributed by atoms with Gasteiger partial charge in [0.1, 0.15) is 0 Å². The van der Waals surface area contributed by atoms with Crippen molar-refractivity contribution in [1.82, 2.24) is 9.99 Å². The van der Waals surface area contributed by atoms with Gasteiger partial charge >= 0.3 is 13.7 Å². The fourth-order valence-corrected chi connectivity index (χ4v) is 1.05. The first-order valence-electron chi connectivity index (χ1n) is 3.57. The highest BCUT2D eigenvalue weighted by Crippen LogP contribution is 2.27. The first-order chi connectivity index (χ1) is 6.22. The van der Waals surface area contributed by atoms with Gasteiger partial charge in [-0.25, -0.2) is 4.57 Å². The van der Waals surface area contributed by atoms with Crippen LogP contribution in [0.4, 0.5) is 0 Å². The molecular formula is C5H12N3O5P. The van der Waals surface area contributed by atoms with Gasteiger partial charge < -0.3 is 19.8 Å². The van der Waals surface area contributed by atoms with Crippen LogP contribution in [-0.2, 0) is 9.36 Å². The second kappa shape index (κ2) is 4.94. The van der Waals surface area contributed by atoms with Crippen LogP contribution >= 0.6 is 7.75 Å². The zero-order valence-electron chi connectivity index (χ0n) is 7.47. The molecule has 0 aliphatic heterocycles. The van der Waals surface area contributed by atoms with Gasteiger partial charge in [0, 0.05) is 13.6 Å². The molecule has 0 aromatic carbocycles. The minimum Gasteiger partial charge on any atom is -0.481 e. The van der Waals surface area contributed by atoms with Crippen LogP contribution < -0.4 is 5.09 Å². The van der Waals surface area contributed by atoms with Crippen molar-refractivity contribution in [3.8, 4) is 0 Å². The number of nitrogens with one attached hydrogen (secondary N) is 2. The van der Waals surface area contributed by atoms with Crippen LogP contribution in [0.5, 0.6) is 0 Å². The first kappa shape index (κ1) is 12.9. The molecule has 0 bridgehead atoms. The van der Waals surface area contributed by atoms with Gasteiger partial charge in [0.15, 0.2) is 5.96 Å². The van der Waals surface area contributed by atoms with Crippen molar-refractivity contribution in [2.75, 3.05) is 13.6 Å². The Hall–Kier alpha value is -1.11. The Kier molecular flexibility index (Phi) is 4.55. The van der Waals surface area contributed by atoms with Crippen LogP contribution in [-0.4, -0.2) is 45.3 Å². The van der Waals surface area contributed by atoms with Gasteiger partial charge in [-0.15, -0.1) is 0 Å². The summed E-state index contributed by atoms with van der Waals surface area (Å²) in [5.41, 5.74) is 0. The van der Waals surface area contributed by atoms with Crippen molar-refractivity contribution in [2.24, 2.45) is 0 Å². The molecule has 0 amide bonds. The highest BCUT2D eigenvalue weighted by Gasteiger charge is 2.17. The van der Waals surface area contributed by atoms with Crippen LogP contribution in [0, 0.1) is 5.41 Å². The van der Waals surface area contributed by atoms with E-state index < -0.39 is 19.7 Å². The highest BCUT2D eigenvalue weighted by molar-refractivity contribution is 7.50. The quantitative estimate of drug-likeness (QED) is 0.235. The molecule has 8 nitrogen and oxygen atoms in total. The van der Waals surface area contributed by atoms with Gasteiger partial charge in [0.2, 0.25) is 0 Å². The molecule has 82 valence electrons. The maximum Gasteiger partial charge on any atom is 0.429 e. The van der Waals surface area contributed by atoms with E-state index in [9.17, 15) is 9.36 Å². The fourth-order valence-electron chi connectivity index (χ4n) is 0.598. The van der Waals surface area contributed by atoms with Crippen molar-refractivity contribution >= 4 is 19.7 Å². The molecule has 0 atom stereocenters. The molecule has 5 N–H and O–H groups in total. The third-order valence-electron chi connectivity index (χ3n) is 1.29. The fraction of sp³-hybridized carbons (Fsp3) is 0.600. The van der Waals surface area contributed by atoms with Crippen molar-refractivity contribution in [3.63, 3.8) is 0 Å². The van der Waals surface area contributed by atoms with Crippen LogP contribution in [0.15, 0.2) is 0 Å². The Morgan fingerprint density at radius 3 is 2.43 bits per heavy atom. The van der Waals surface area contributed by atoms with Gasteiger partial charge in [-0.05, 0) is 0 Å². The van der Waals surface area contributed by atoms with E-state index in [2.05, 4.69) is 0 Å². The van der Waals surface area contributed by atoms with E-state index in [-0.39, 0.29) is 13.0 Å². The minimum absolute atomic E-state index is 0.00116. The number of rotatable bonds is 4. The van der Waals surface area contributed by atoms with E-state index in [0.717, 1.165) is 4.90 Å². The van der Waals surface area contributed by atoms with E-state index in [1.807, 2.05) is 0 Å². The molecule has 9 heteroatoms. The number of hydrogen-bond acceptors (Lipinski definition) is 3. The summed E-state index contributed by atoms with van der Waals surface area (Å²) in [6.07, 6.45) is -0.207. The van der Waals surface area contributed by atoms with E-state index in [1.165, 1.54) is 7.05 Å². The standard InChI is InChI=1S/C5H12N3O5P/c1-8(3-2-4(9)10)5(6)7-14(11,12)13/h2-3H2,1H3,(H,9,10)(H4,6,7,11,12,13). The minimum atomic E-state index is -4.49. The molecule has 0 spiro atoms. The highest BCUT2D eigenvalue weighted by atomic mass is 31.2. The summed E-state index contributed by atoms with van der Waals surface area (Å²) in [6, 6.07) is 0. The molecule has 0 rings (SSSR count). The molecule has 0 saturated carbocycles. The summed E-state index contributed by atoms with van der Waals surface area (Å²) in [7, 11) is -3.13. The molecule has 0 aliphatic carbocycles. The van der Waals surface area contributed by atoms with Gasteiger partial charge in [-0.3, -0.25) is 15.3 Å². The number of carboxylic acids is 1. The van der Waals surface area contributed by atoms with E-state index >= 15 is 0 Å². The van der Waals surface area contributed by atoms with Gasteiger partial charge in [-0.1, -0.05) is 0 Å². The third-order valence-corrected chi connectivity index (χ3v) is 1.80. The van der Waals surface area contributed by atoms with Crippen LogP contribution in [0.3, 0.4) is 0 Å². The van der Waals surface area contributed by atoms with Gasteiger partial charge in [0.25, 0.3) is 0 Å². The Morgan fingerprint density at radius 1 is 1.57 bits per heavy atom. The first-order valence-corrected chi connectivity index (χ1v) is 5.19. The summed E-state index contributed by atoms with van der Waals surface area (Å²) in [4.78, 5) is 28.1. The predicted octanol–water partition coefficient (Wildman–Crippen LogP) is -0.990. The Morgan fingerprint density at radius 2 is 2.07 bits per heavy atom. The summed E-state index contributed by atoms with van der Waals surface area (Å²) >= 11 is 0. The van der Waals surface area contributed by atoms with Gasteiger partial charge in [-0.2, -0.15) is 0 Å². The zero-order chi connectivity index (χ0) is 11.4. The zero-order valence-corrected chi connectivity index (χ0v) is 8.36. The van der Waals surface area contributed by atoms with Crippen LogP contribution in [0.25, 0.3) is 0 Å². The second-order valence-electron chi connectivity index (χ2n) is 2.57. The number of nitrogens with zero attached hydrogens (tertiary/aromatic N) is 1. The van der Waals surface area contributed by atoms with E-state index in [4.69, 9.17) is 20.3 Å². The third kappa shape index (κ3) is 6.41. The number of hydrogen-bond donors (Lipinski definition) is 5. The second-order valence-corrected chi connectivity index (χ2v) is 3.88. The Labute approximate surface area is 80.3 Å². The van der Waals surface area contributed by atoms with Crippen molar-refractivity contribution in [1.29, 1.82) is 5.41 Å². The van der Waals surface area contributed by atoms with E-state index in [1.54, 1.807) is 5.09 Å². The molecule has 0 heterocycles. The number of carboxylic acid groups (broad SMARTS) is 1. The Bertz CT molecular complexity index is 275. The predicted molar refractivity (Wildman–Crippen MR) is 47.8 cm³/mol. The molecule has 0 unspecified atom stereocenters. The summed E-state index contributed by atoms with van der Waals surface area (Å²) < 4.78 is 10.4. The van der Waals surface area contributed by atoms with Crippen molar-refractivity contribution in [2.45, 2.75) is 6.42 Å². The maximum atomic E-state index is 10.4. The van der Waals surface area contributed by atoms with Crippen LogP contribution in [0.2, 0.25) is 0 Å². The molecule has 14 heavy (non-hydrogen) atoms. The average molecular weight is 225 g/mol. The lowest BCUT2D eigenvalue weighted by Crippen LogP contribution is -2.37. The molecule has 0 aromatic rings. The monoisotopic (exact) mass is 225 g/mol. The summed E-state index contributed by atoms with van der Waals surface area (Å²) in [5.74, 6) is -1.56. The molecule has 0 aliphatic rings. The topological polar surface area (TPSA) is 134 Å². The Balaban J connectivity index is 4.01. The normalized spacial score (nSPS) is 10.8. The van der Waals surface area contributed by atoms with Gasteiger partial charge in [0.05, 0.1) is 6.42 Å². The summed E-state index contributed by atoms with van der Waals surface area (Å²) in [5, 5.41) is 17.1. The summed E-state index contributed by atoms with van der Waals surface area (Å²) in [6.45, 7) is 0.00116. The number of guanidine groups is 1.